The molecular weight excluding hydrogens is 451 g/mol. The first-order valence-electron chi connectivity index (χ1n) is 11.6. The molecule has 0 radical (unpaired) electrons. The number of ether oxygens (including phenoxy) is 2. The quantitative estimate of drug-likeness (QED) is 0.551. The van der Waals surface area contributed by atoms with Gasteiger partial charge in [-0.3, -0.25) is 4.79 Å². The van der Waals surface area contributed by atoms with Gasteiger partial charge in [-0.2, -0.15) is 0 Å². The van der Waals surface area contributed by atoms with Crippen LogP contribution in [0.3, 0.4) is 0 Å². The van der Waals surface area contributed by atoms with Crippen LogP contribution in [0.1, 0.15) is 39.7 Å². The maximum atomic E-state index is 15.6. The molecule has 4 heterocycles. The number of nitrogens with zero attached hydrogens (tertiary/aromatic N) is 5. The highest BCUT2D eigenvalue weighted by Crippen LogP contribution is 2.40. The highest BCUT2D eigenvalue weighted by atomic mass is 19.1. The second-order valence-electron chi connectivity index (χ2n) is 10.4. The molecule has 0 spiro atoms. The van der Waals surface area contributed by atoms with E-state index in [2.05, 4.69) is 44.2 Å². The van der Waals surface area contributed by atoms with Gasteiger partial charge in [0.2, 0.25) is 5.88 Å². The number of halogens is 1. The summed E-state index contributed by atoms with van der Waals surface area (Å²) in [4.78, 5) is 22.0. The van der Waals surface area contributed by atoms with Gasteiger partial charge in [0.15, 0.2) is 5.82 Å². The van der Waals surface area contributed by atoms with Gasteiger partial charge in [0.1, 0.15) is 11.9 Å². The Morgan fingerprint density at radius 1 is 1.17 bits per heavy atom. The fourth-order valence-electron chi connectivity index (χ4n) is 5.49. The van der Waals surface area contributed by atoms with Crippen molar-refractivity contribution in [1.82, 2.24) is 25.5 Å². The van der Waals surface area contributed by atoms with E-state index in [0.717, 1.165) is 12.0 Å². The number of anilines is 1. The molecule has 1 fully saturated rings. The monoisotopic (exact) mass is 480 g/mol. The van der Waals surface area contributed by atoms with Gasteiger partial charge in [-0.25, -0.2) is 14.4 Å². The molecule has 0 amide bonds. The number of rotatable bonds is 5. The van der Waals surface area contributed by atoms with E-state index in [-0.39, 0.29) is 11.6 Å². The van der Waals surface area contributed by atoms with Crippen LogP contribution in [0.15, 0.2) is 24.4 Å². The van der Waals surface area contributed by atoms with Crippen LogP contribution in [0.25, 0.3) is 22.3 Å². The number of carbonyl (C=O) groups is 1. The zero-order chi connectivity index (χ0) is 25.0. The molecule has 0 unspecified atom stereocenters. The van der Waals surface area contributed by atoms with Crippen molar-refractivity contribution < 1.29 is 18.7 Å². The van der Waals surface area contributed by atoms with E-state index in [1.54, 1.807) is 12.1 Å². The van der Waals surface area contributed by atoms with Gasteiger partial charge in [-0.05, 0) is 52.7 Å². The summed E-state index contributed by atoms with van der Waals surface area (Å²) in [5, 5.41) is 12.4. The Balaban J connectivity index is 1.52. The van der Waals surface area contributed by atoms with Gasteiger partial charge in [0.25, 0.3) is 6.47 Å². The second-order valence-corrected chi connectivity index (χ2v) is 10.4. The van der Waals surface area contributed by atoms with Crippen LogP contribution in [-0.2, 0) is 11.2 Å². The lowest BCUT2D eigenvalue weighted by molar-refractivity contribution is -0.120. The number of benzene rings is 1. The Hall–Kier alpha value is -3.40. The summed E-state index contributed by atoms with van der Waals surface area (Å²) in [6.45, 7) is 9.06. The van der Waals surface area contributed by atoms with Crippen LogP contribution in [0.4, 0.5) is 10.2 Å². The minimum Gasteiger partial charge on any atom is -0.480 e. The topological polar surface area (TPSA) is 102 Å². The summed E-state index contributed by atoms with van der Waals surface area (Å²) in [6.07, 6.45) is 1.84. The molecule has 3 aromatic rings. The SMILES string of the molecule is COc1cnc2cc(-c3cc4c(nn3)N([C@H]3CC(C)(C)NC(C)(C)[C@H]3F)CC4)c(OC=O)cc2n1. The molecule has 2 aromatic heterocycles. The molecule has 10 heteroatoms. The van der Waals surface area contributed by atoms with Crippen molar-refractivity contribution in [3.63, 3.8) is 0 Å². The molecule has 2 atom stereocenters. The summed E-state index contributed by atoms with van der Waals surface area (Å²) in [5.74, 6) is 1.36. The molecule has 0 bridgehead atoms. The number of nitrogens with one attached hydrogen (secondary N) is 1. The van der Waals surface area contributed by atoms with E-state index in [0.29, 0.717) is 59.2 Å². The minimum absolute atomic E-state index is 0.206. The van der Waals surface area contributed by atoms with Crippen molar-refractivity contribution in [1.29, 1.82) is 0 Å². The molecule has 1 N–H and O–H groups in total. The zero-order valence-corrected chi connectivity index (χ0v) is 20.5. The number of piperidine rings is 1. The third-order valence-corrected chi connectivity index (χ3v) is 6.83. The Morgan fingerprint density at radius 3 is 2.71 bits per heavy atom. The first-order chi connectivity index (χ1) is 16.6. The third kappa shape index (κ3) is 4.16. The molecule has 35 heavy (non-hydrogen) atoms. The highest BCUT2D eigenvalue weighted by Gasteiger charge is 2.49. The summed E-state index contributed by atoms with van der Waals surface area (Å²) in [7, 11) is 1.51. The zero-order valence-electron chi connectivity index (χ0n) is 20.5. The highest BCUT2D eigenvalue weighted by molar-refractivity contribution is 5.86. The fourth-order valence-corrected chi connectivity index (χ4v) is 5.49. The molecular formula is C25H29FN6O3. The van der Waals surface area contributed by atoms with Gasteiger partial charge >= 0.3 is 0 Å². The summed E-state index contributed by atoms with van der Waals surface area (Å²) in [6, 6.07) is 5.02. The van der Waals surface area contributed by atoms with Crippen LogP contribution >= 0.6 is 0 Å². The Labute approximate surface area is 203 Å². The van der Waals surface area contributed by atoms with E-state index in [1.165, 1.54) is 13.3 Å². The second kappa shape index (κ2) is 8.37. The standard InChI is InChI=1S/C25H29FN6O3/c1-24(2)11-19(22(26)25(3,4)31-24)32-7-6-14-8-16(29-30-23(14)32)15-9-17-18(10-20(15)35-13-33)28-21(34-5)12-27-17/h8-10,12-13,19,22,31H,6-7,11H2,1-5H3/t19-,22-/m0/s1. The number of hydrogen-bond acceptors (Lipinski definition) is 9. The van der Waals surface area contributed by atoms with Crippen molar-refractivity contribution in [3.05, 3.63) is 30.0 Å². The lowest BCUT2D eigenvalue weighted by Gasteiger charge is -2.51. The average molecular weight is 481 g/mol. The minimum atomic E-state index is -1.06. The first-order valence-corrected chi connectivity index (χ1v) is 11.6. The van der Waals surface area contributed by atoms with Crippen LogP contribution in [0.2, 0.25) is 0 Å². The summed E-state index contributed by atoms with van der Waals surface area (Å²) < 4.78 is 26.0. The predicted molar refractivity (Wildman–Crippen MR) is 129 cm³/mol. The smallest absolute Gasteiger partial charge is 0.298 e. The Bertz CT molecular complexity index is 1300. The summed E-state index contributed by atoms with van der Waals surface area (Å²) >= 11 is 0. The van der Waals surface area contributed by atoms with E-state index in [9.17, 15) is 4.79 Å². The van der Waals surface area contributed by atoms with Gasteiger partial charge in [0, 0.05) is 34.8 Å². The predicted octanol–water partition coefficient (Wildman–Crippen LogP) is 3.25. The van der Waals surface area contributed by atoms with Crippen LogP contribution in [0.5, 0.6) is 11.6 Å². The van der Waals surface area contributed by atoms with E-state index in [4.69, 9.17) is 9.47 Å². The lowest BCUT2D eigenvalue weighted by Crippen LogP contribution is -2.69. The maximum absolute atomic E-state index is 15.6. The normalized spacial score (nSPS) is 22.6. The third-order valence-electron chi connectivity index (χ3n) is 6.83. The Kier molecular flexibility index (Phi) is 5.58. The van der Waals surface area contributed by atoms with Crippen molar-refractivity contribution in [2.24, 2.45) is 0 Å². The van der Waals surface area contributed by atoms with Crippen LogP contribution < -0.4 is 19.7 Å². The van der Waals surface area contributed by atoms with E-state index < -0.39 is 11.7 Å². The average Bonchev–Trinajstić information content (AvgIpc) is 3.23. The maximum Gasteiger partial charge on any atom is 0.298 e. The van der Waals surface area contributed by atoms with Crippen LogP contribution in [-0.4, -0.2) is 63.6 Å². The first kappa shape index (κ1) is 23.3. The molecule has 1 saturated heterocycles. The molecule has 0 aliphatic carbocycles. The number of fused-ring (bicyclic) bond motifs is 2. The Morgan fingerprint density at radius 2 is 1.97 bits per heavy atom. The largest absolute Gasteiger partial charge is 0.480 e. The molecule has 2 aliphatic rings. The van der Waals surface area contributed by atoms with Crippen molar-refractivity contribution >= 4 is 23.3 Å². The van der Waals surface area contributed by atoms with Gasteiger partial charge < -0.3 is 19.7 Å². The molecule has 9 nitrogen and oxygen atoms in total. The van der Waals surface area contributed by atoms with Crippen molar-refractivity contribution in [3.8, 4) is 22.9 Å². The molecule has 1 aromatic carbocycles. The summed E-state index contributed by atoms with van der Waals surface area (Å²) in [5.41, 5.74) is 2.36. The van der Waals surface area contributed by atoms with Gasteiger partial charge in [-0.1, -0.05) is 0 Å². The number of aromatic nitrogens is 4. The molecule has 184 valence electrons. The molecule has 2 aliphatic heterocycles. The van der Waals surface area contributed by atoms with Gasteiger partial charge in [0.05, 0.1) is 36.1 Å². The number of alkyl halides is 1. The van der Waals surface area contributed by atoms with Crippen LogP contribution in [0, 0.1) is 0 Å². The van der Waals surface area contributed by atoms with Crippen molar-refractivity contribution in [2.45, 2.75) is 63.8 Å². The number of hydrogen-bond donors (Lipinski definition) is 1. The number of carbonyl (C=O) groups excluding carboxylic acids is 1. The lowest BCUT2D eigenvalue weighted by atomic mass is 9.77. The van der Waals surface area contributed by atoms with E-state index >= 15 is 4.39 Å². The molecule has 0 saturated carbocycles. The number of methoxy groups -OCH3 is 1. The van der Waals surface area contributed by atoms with Crippen molar-refractivity contribution in [2.75, 3.05) is 18.6 Å². The van der Waals surface area contributed by atoms with Gasteiger partial charge in [-0.15, -0.1) is 10.2 Å². The van der Waals surface area contributed by atoms with E-state index in [1.807, 2.05) is 19.9 Å². The fraction of sp³-hybridized carbons (Fsp3) is 0.480. The molecule has 5 rings (SSSR count).